The molecule has 0 saturated heterocycles. The molecule has 1 saturated carbocycles. The van der Waals surface area contributed by atoms with Crippen molar-refractivity contribution in [3.05, 3.63) is 34.5 Å². The molecule has 0 bridgehead atoms. The lowest BCUT2D eigenvalue weighted by Gasteiger charge is -2.34. The van der Waals surface area contributed by atoms with Crippen LogP contribution in [-0.2, 0) is 0 Å². The molecule has 1 aromatic carbocycles. The van der Waals surface area contributed by atoms with Crippen LogP contribution < -0.4 is 0 Å². The number of aliphatic hydroxyl groups is 1. The molecule has 1 amide bonds. The van der Waals surface area contributed by atoms with Crippen LogP contribution >= 0.6 is 11.3 Å². The predicted octanol–water partition coefficient (Wildman–Crippen LogP) is 3.97. The van der Waals surface area contributed by atoms with Gasteiger partial charge in [0.25, 0.3) is 5.91 Å². The summed E-state index contributed by atoms with van der Waals surface area (Å²) in [5, 5.41) is 9.80. The number of rotatable bonds is 3. The minimum absolute atomic E-state index is 0.0180. The summed E-state index contributed by atoms with van der Waals surface area (Å²) in [6.45, 7) is 2.06. The van der Waals surface area contributed by atoms with Crippen LogP contribution in [0.3, 0.4) is 0 Å². The number of carbonyl (C=O) groups is 1. The first-order chi connectivity index (χ1) is 11.0. The fourth-order valence-electron chi connectivity index (χ4n) is 3.50. The number of carbonyl (C=O) groups excluding carboxylic acids is 1. The normalized spacial score (nSPS) is 21.6. The van der Waals surface area contributed by atoms with Crippen LogP contribution in [0.5, 0.6) is 0 Å². The highest BCUT2D eigenvalue weighted by Crippen LogP contribution is 2.34. The summed E-state index contributed by atoms with van der Waals surface area (Å²) in [4.78, 5) is 15.3. The molecule has 0 radical (unpaired) electrons. The van der Waals surface area contributed by atoms with Gasteiger partial charge in [-0.3, -0.25) is 4.79 Å². The van der Waals surface area contributed by atoms with Crippen molar-refractivity contribution in [1.29, 1.82) is 0 Å². The molecule has 0 aliphatic heterocycles. The Bertz CT molecular complexity index is 719. The molecule has 1 N–H and O–H groups in total. The van der Waals surface area contributed by atoms with Gasteiger partial charge in [-0.15, -0.1) is 11.3 Å². The van der Waals surface area contributed by atoms with E-state index in [2.05, 4.69) is 0 Å². The first-order valence-electron chi connectivity index (χ1n) is 8.08. The monoisotopic (exact) mass is 335 g/mol. The van der Waals surface area contributed by atoms with E-state index in [0.717, 1.165) is 35.9 Å². The minimum Gasteiger partial charge on any atom is -0.396 e. The molecule has 1 aliphatic rings. The third-order valence-corrected chi connectivity index (χ3v) is 6.28. The number of thiophene rings is 1. The Morgan fingerprint density at radius 3 is 2.65 bits per heavy atom. The van der Waals surface area contributed by atoms with Crippen molar-refractivity contribution < 1.29 is 14.3 Å². The maximum Gasteiger partial charge on any atom is 0.264 e. The number of nitrogens with zero attached hydrogens (tertiary/aromatic N) is 1. The third kappa shape index (κ3) is 3.00. The van der Waals surface area contributed by atoms with Crippen molar-refractivity contribution in [3.63, 3.8) is 0 Å². The van der Waals surface area contributed by atoms with E-state index in [-0.39, 0.29) is 24.4 Å². The predicted molar refractivity (Wildman–Crippen MR) is 91.4 cm³/mol. The molecule has 1 heterocycles. The highest BCUT2D eigenvalue weighted by Gasteiger charge is 2.28. The Morgan fingerprint density at radius 2 is 2.04 bits per heavy atom. The average Bonchev–Trinajstić information content (AvgIpc) is 2.92. The standard InChI is InChI=1S/C18H22FNO2S/c1-11-16-14(19)4-3-5-15(16)23-17(11)18(22)20(2)13-8-6-12(10-21)7-9-13/h3-5,12-13,21H,6-10H2,1-2H3. The summed E-state index contributed by atoms with van der Waals surface area (Å²) in [6.07, 6.45) is 3.76. The highest BCUT2D eigenvalue weighted by atomic mass is 32.1. The summed E-state index contributed by atoms with van der Waals surface area (Å²) < 4.78 is 14.8. The maximum atomic E-state index is 14.0. The zero-order chi connectivity index (χ0) is 16.6. The van der Waals surface area contributed by atoms with Gasteiger partial charge in [0.1, 0.15) is 5.82 Å². The summed E-state index contributed by atoms with van der Waals surface area (Å²) in [5.74, 6) is 0.0897. The molecule has 0 unspecified atom stereocenters. The van der Waals surface area contributed by atoms with Crippen LogP contribution in [0.25, 0.3) is 10.1 Å². The molecular weight excluding hydrogens is 313 g/mol. The zero-order valence-electron chi connectivity index (χ0n) is 13.5. The van der Waals surface area contributed by atoms with Gasteiger partial charge in [0.15, 0.2) is 0 Å². The Hall–Kier alpha value is -1.46. The molecule has 3 nitrogen and oxygen atoms in total. The lowest BCUT2D eigenvalue weighted by molar-refractivity contribution is 0.0657. The first-order valence-corrected chi connectivity index (χ1v) is 8.90. The number of benzene rings is 1. The number of aliphatic hydroxyl groups excluding tert-OH is 1. The van der Waals surface area contributed by atoms with Crippen LogP contribution in [-0.4, -0.2) is 35.6 Å². The van der Waals surface area contributed by atoms with Crippen molar-refractivity contribution in [1.82, 2.24) is 4.90 Å². The minimum atomic E-state index is -0.263. The molecular formula is C18H22FNO2S. The van der Waals surface area contributed by atoms with E-state index < -0.39 is 0 Å². The molecule has 2 aromatic rings. The van der Waals surface area contributed by atoms with Crippen molar-refractivity contribution in [2.75, 3.05) is 13.7 Å². The van der Waals surface area contributed by atoms with Crippen molar-refractivity contribution >= 4 is 27.3 Å². The molecule has 3 rings (SSSR count). The largest absolute Gasteiger partial charge is 0.396 e. The van der Waals surface area contributed by atoms with E-state index >= 15 is 0 Å². The van der Waals surface area contributed by atoms with Gasteiger partial charge in [0.05, 0.1) is 4.88 Å². The smallest absolute Gasteiger partial charge is 0.264 e. The first kappa shape index (κ1) is 16.4. The van der Waals surface area contributed by atoms with Gasteiger partial charge in [0, 0.05) is 29.8 Å². The van der Waals surface area contributed by atoms with Crippen molar-refractivity contribution in [2.24, 2.45) is 5.92 Å². The second-order valence-corrected chi connectivity index (χ2v) is 7.49. The Morgan fingerprint density at radius 1 is 1.35 bits per heavy atom. The maximum absolute atomic E-state index is 14.0. The van der Waals surface area contributed by atoms with Gasteiger partial charge in [-0.2, -0.15) is 0 Å². The number of fused-ring (bicyclic) bond motifs is 1. The van der Waals surface area contributed by atoms with Gasteiger partial charge in [0.2, 0.25) is 0 Å². The molecule has 124 valence electrons. The molecule has 1 aromatic heterocycles. The second-order valence-electron chi connectivity index (χ2n) is 6.44. The number of amides is 1. The number of hydrogen-bond donors (Lipinski definition) is 1. The van der Waals surface area contributed by atoms with Gasteiger partial charge < -0.3 is 10.0 Å². The number of halogens is 1. The Balaban J connectivity index is 1.83. The van der Waals surface area contributed by atoms with E-state index in [1.54, 1.807) is 6.07 Å². The number of hydrogen-bond acceptors (Lipinski definition) is 3. The Labute approximate surface area is 139 Å². The number of aryl methyl sites for hydroxylation is 1. The lowest BCUT2D eigenvalue weighted by Crippen LogP contribution is -2.39. The lowest BCUT2D eigenvalue weighted by atomic mass is 9.86. The van der Waals surface area contributed by atoms with Crippen LogP contribution in [0.15, 0.2) is 18.2 Å². The van der Waals surface area contributed by atoms with Crippen molar-refractivity contribution in [3.8, 4) is 0 Å². The van der Waals surface area contributed by atoms with E-state index in [0.29, 0.717) is 16.2 Å². The summed E-state index contributed by atoms with van der Waals surface area (Å²) in [7, 11) is 1.84. The third-order valence-electron chi connectivity index (χ3n) is 5.04. The summed E-state index contributed by atoms with van der Waals surface area (Å²) in [5.41, 5.74) is 0.740. The van der Waals surface area contributed by atoms with Crippen LogP contribution in [0.2, 0.25) is 0 Å². The summed E-state index contributed by atoms with van der Waals surface area (Å²) >= 11 is 1.37. The fraction of sp³-hybridized carbons (Fsp3) is 0.500. The molecule has 23 heavy (non-hydrogen) atoms. The van der Waals surface area contributed by atoms with Gasteiger partial charge in [-0.05, 0) is 56.2 Å². The molecule has 5 heteroatoms. The van der Waals surface area contributed by atoms with Crippen LogP contribution in [0.1, 0.15) is 40.9 Å². The second kappa shape index (κ2) is 6.57. The Kier molecular flexibility index (Phi) is 4.69. The van der Waals surface area contributed by atoms with Crippen molar-refractivity contribution in [2.45, 2.75) is 38.6 Å². The van der Waals surface area contributed by atoms with Crippen LogP contribution in [0, 0.1) is 18.7 Å². The summed E-state index contributed by atoms with van der Waals surface area (Å²) in [6, 6.07) is 5.19. The van der Waals surface area contributed by atoms with E-state index in [1.807, 2.05) is 24.9 Å². The molecule has 0 spiro atoms. The highest BCUT2D eigenvalue weighted by molar-refractivity contribution is 7.21. The SMILES string of the molecule is Cc1c(C(=O)N(C)C2CCC(CO)CC2)sc2cccc(F)c12. The van der Waals surface area contributed by atoms with E-state index in [9.17, 15) is 14.3 Å². The fourth-order valence-corrected chi connectivity index (χ4v) is 4.70. The van der Waals surface area contributed by atoms with Gasteiger partial charge in [-0.25, -0.2) is 4.39 Å². The zero-order valence-corrected chi connectivity index (χ0v) is 14.3. The van der Waals surface area contributed by atoms with Gasteiger partial charge >= 0.3 is 0 Å². The quantitative estimate of drug-likeness (QED) is 0.922. The molecule has 0 atom stereocenters. The van der Waals surface area contributed by atoms with E-state index in [1.165, 1.54) is 17.4 Å². The molecule has 1 aliphatic carbocycles. The molecule has 1 fully saturated rings. The van der Waals surface area contributed by atoms with Crippen LogP contribution in [0.4, 0.5) is 4.39 Å². The van der Waals surface area contributed by atoms with Gasteiger partial charge in [-0.1, -0.05) is 6.07 Å². The van der Waals surface area contributed by atoms with E-state index in [4.69, 9.17) is 0 Å². The average molecular weight is 335 g/mol. The topological polar surface area (TPSA) is 40.5 Å².